The first-order chi connectivity index (χ1) is 10.9. The number of anilines is 1. The quantitative estimate of drug-likeness (QED) is 0.735. The summed E-state index contributed by atoms with van der Waals surface area (Å²) in [6.07, 6.45) is 0. The molecule has 3 heterocycles. The number of aryl methyl sites for hydroxylation is 1. The number of fused-ring (bicyclic) bond motifs is 1. The number of aromatic nitrogens is 4. The van der Waals surface area contributed by atoms with Crippen molar-refractivity contribution in [2.75, 3.05) is 31.2 Å². The lowest BCUT2D eigenvalue weighted by Crippen LogP contribution is -2.38. The number of morpholine rings is 1. The molecule has 0 saturated carbocycles. The Morgan fingerprint density at radius 3 is 2.48 bits per heavy atom. The van der Waals surface area contributed by atoms with Crippen LogP contribution in [0.1, 0.15) is 6.92 Å². The highest BCUT2D eigenvalue weighted by Gasteiger charge is 2.23. The molecule has 0 atom stereocenters. The molecule has 0 aromatic carbocycles. The van der Waals surface area contributed by atoms with Crippen molar-refractivity contribution in [3.63, 3.8) is 0 Å². The summed E-state index contributed by atoms with van der Waals surface area (Å²) in [5, 5.41) is 0. The Labute approximate surface area is 133 Å². The third-order valence-corrected chi connectivity index (χ3v) is 4.05. The molecule has 1 saturated heterocycles. The van der Waals surface area contributed by atoms with Gasteiger partial charge in [-0.1, -0.05) is 12.2 Å². The molecule has 0 radical (unpaired) electrons. The number of rotatable bonds is 3. The van der Waals surface area contributed by atoms with Crippen LogP contribution in [-0.4, -0.2) is 45.0 Å². The molecule has 3 rings (SSSR count). The first-order valence-corrected chi connectivity index (χ1v) is 7.55. The Morgan fingerprint density at radius 1 is 1.22 bits per heavy atom. The van der Waals surface area contributed by atoms with Crippen molar-refractivity contribution in [3.8, 4) is 0 Å². The van der Waals surface area contributed by atoms with Gasteiger partial charge in [0.05, 0.1) is 13.2 Å². The van der Waals surface area contributed by atoms with Crippen molar-refractivity contribution in [1.29, 1.82) is 0 Å². The molecule has 0 bridgehead atoms. The van der Waals surface area contributed by atoms with E-state index in [-0.39, 0.29) is 11.2 Å². The van der Waals surface area contributed by atoms with Crippen molar-refractivity contribution >= 4 is 17.1 Å². The van der Waals surface area contributed by atoms with Gasteiger partial charge in [-0.05, 0) is 6.92 Å². The first kappa shape index (κ1) is 15.5. The Kier molecular flexibility index (Phi) is 3.85. The van der Waals surface area contributed by atoms with E-state index in [1.54, 1.807) is 7.05 Å². The summed E-state index contributed by atoms with van der Waals surface area (Å²) in [5.41, 5.74) is 1.03. The maximum absolute atomic E-state index is 12.6. The molecule has 0 N–H and O–H groups in total. The van der Waals surface area contributed by atoms with Crippen LogP contribution in [0, 0.1) is 0 Å². The summed E-state index contributed by atoms with van der Waals surface area (Å²) in [6, 6.07) is 0. The van der Waals surface area contributed by atoms with Crippen LogP contribution in [0.3, 0.4) is 0 Å². The van der Waals surface area contributed by atoms with Crippen LogP contribution >= 0.6 is 0 Å². The molecule has 2 aromatic heterocycles. The van der Waals surface area contributed by atoms with Gasteiger partial charge in [-0.2, -0.15) is 4.98 Å². The van der Waals surface area contributed by atoms with E-state index in [4.69, 9.17) is 4.74 Å². The van der Waals surface area contributed by atoms with E-state index in [1.165, 1.54) is 11.6 Å². The zero-order valence-electron chi connectivity index (χ0n) is 13.7. The van der Waals surface area contributed by atoms with Gasteiger partial charge in [0.15, 0.2) is 11.2 Å². The van der Waals surface area contributed by atoms with Crippen molar-refractivity contribution in [2.45, 2.75) is 13.5 Å². The number of hydrogen-bond donors (Lipinski definition) is 0. The van der Waals surface area contributed by atoms with Crippen molar-refractivity contribution in [3.05, 3.63) is 33.0 Å². The lowest BCUT2D eigenvalue weighted by atomic mass is 10.3. The van der Waals surface area contributed by atoms with Gasteiger partial charge >= 0.3 is 5.69 Å². The lowest BCUT2D eigenvalue weighted by Gasteiger charge is -2.28. The minimum Gasteiger partial charge on any atom is -0.378 e. The minimum atomic E-state index is -0.379. The monoisotopic (exact) mass is 319 g/mol. The van der Waals surface area contributed by atoms with Crippen LogP contribution in [0.4, 0.5) is 5.95 Å². The molecule has 0 unspecified atom stereocenters. The molecular weight excluding hydrogens is 298 g/mol. The van der Waals surface area contributed by atoms with Crippen LogP contribution in [0.25, 0.3) is 11.2 Å². The second kappa shape index (κ2) is 5.69. The van der Waals surface area contributed by atoms with Crippen LogP contribution < -0.4 is 16.1 Å². The fourth-order valence-electron chi connectivity index (χ4n) is 2.86. The number of ether oxygens (including phenoxy) is 1. The molecule has 1 fully saturated rings. The third-order valence-electron chi connectivity index (χ3n) is 4.05. The second-order valence-electron chi connectivity index (χ2n) is 5.93. The molecule has 1 aliphatic rings. The molecule has 2 aromatic rings. The van der Waals surface area contributed by atoms with Crippen LogP contribution in [0.15, 0.2) is 21.7 Å². The lowest BCUT2D eigenvalue weighted by molar-refractivity contribution is 0.121. The number of allylic oxidation sites excluding steroid dienone is 1. The van der Waals surface area contributed by atoms with Crippen molar-refractivity contribution in [1.82, 2.24) is 18.7 Å². The number of nitrogens with zero attached hydrogens (tertiary/aromatic N) is 5. The molecule has 8 nitrogen and oxygen atoms in total. The Hall–Kier alpha value is -2.35. The Balaban J connectivity index is 2.33. The summed E-state index contributed by atoms with van der Waals surface area (Å²) >= 11 is 0. The highest BCUT2D eigenvalue weighted by atomic mass is 16.5. The summed E-state index contributed by atoms with van der Waals surface area (Å²) in [4.78, 5) is 31.4. The largest absolute Gasteiger partial charge is 0.378 e. The molecular formula is C15H21N5O3. The van der Waals surface area contributed by atoms with E-state index in [0.29, 0.717) is 50.0 Å². The van der Waals surface area contributed by atoms with Crippen molar-refractivity contribution in [2.24, 2.45) is 14.1 Å². The highest BCUT2D eigenvalue weighted by molar-refractivity contribution is 5.74. The Morgan fingerprint density at radius 2 is 1.87 bits per heavy atom. The van der Waals surface area contributed by atoms with E-state index in [1.807, 2.05) is 11.5 Å². The van der Waals surface area contributed by atoms with E-state index < -0.39 is 0 Å². The highest BCUT2D eigenvalue weighted by Crippen LogP contribution is 2.21. The molecule has 23 heavy (non-hydrogen) atoms. The summed E-state index contributed by atoms with van der Waals surface area (Å²) in [7, 11) is 3.11. The zero-order chi connectivity index (χ0) is 16.7. The second-order valence-corrected chi connectivity index (χ2v) is 5.93. The van der Waals surface area contributed by atoms with Crippen LogP contribution in [-0.2, 0) is 25.4 Å². The van der Waals surface area contributed by atoms with Gasteiger partial charge in [0.25, 0.3) is 5.56 Å². The van der Waals surface area contributed by atoms with E-state index in [9.17, 15) is 9.59 Å². The van der Waals surface area contributed by atoms with Crippen LogP contribution in [0.2, 0.25) is 0 Å². The van der Waals surface area contributed by atoms with Gasteiger partial charge in [0.1, 0.15) is 0 Å². The molecule has 8 heteroatoms. The average Bonchev–Trinajstić information content (AvgIpc) is 2.90. The summed E-state index contributed by atoms with van der Waals surface area (Å²) < 4.78 is 9.76. The maximum Gasteiger partial charge on any atom is 0.332 e. The molecule has 0 aliphatic carbocycles. The SMILES string of the molecule is C=C(C)Cn1c(N2CCOCC2)nc2c1c(=O)n(C)c(=O)n2C. The fourth-order valence-corrected chi connectivity index (χ4v) is 2.86. The minimum absolute atomic E-state index is 0.337. The number of hydrogen-bond acceptors (Lipinski definition) is 5. The van der Waals surface area contributed by atoms with Gasteiger partial charge in [-0.15, -0.1) is 0 Å². The van der Waals surface area contributed by atoms with Gasteiger partial charge in [-0.3, -0.25) is 13.9 Å². The molecule has 0 spiro atoms. The topological polar surface area (TPSA) is 74.3 Å². The van der Waals surface area contributed by atoms with Crippen molar-refractivity contribution < 1.29 is 4.74 Å². The first-order valence-electron chi connectivity index (χ1n) is 7.55. The van der Waals surface area contributed by atoms with E-state index >= 15 is 0 Å². The van der Waals surface area contributed by atoms with E-state index in [0.717, 1.165) is 10.1 Å². The van der Waals surface area contributed by atoms with Gasteiger partial charge < -0.3 is 14.2 Å². The maximum atomic E-state index is 12.6. The Bertz CT molecular complexity index is 883. The third kappa shape index (κ3) is 2.48. The predicted molar refractivity (Wildman–Crippen MR) is 88.1 cm³/mol. The normalized spacial score (nSPS) is 15.3. The fraction of sp³-hybridized carbons (Fsp3) is 0.533. The van der Waals surface area contributed by atoms with Crippen LogP contribution in [0.5, 0.6) is 0 Å². The van der Waals surface area contributed by atoms with Gasteiger partial charge in [0, 0.05) is 33.7 Å². The summed E-state index contributed by atoms with van der Waals surface area (Å²) in [5.74, 6) is 0.685. The summed E-state index contributed by atoms with van der Waals surface area (Å²) in [6.45, 7) is 8.97. The zero-order valence-corrected chi connectivity index (χ0v) is 13.7. The van der Waals surface area contributed by atoms with E-state index in [2.05, 4.69) is 16.5 Å². The smallest absolute Gasteiger partial charge is 0.332 e. The molecule has 0 amide bonds. The van der Waals surface area contributed by atoms with Gasteiger partial charge in [0.2, 0.25) is 5.95 Å². The van der Waals surface area contributed by atoms with Gasteiger partial charge in [-0.25, -0.2) is 4.79 Å². The molecule has 124 valence electrons. The predicted octanol–water partition coefficient (Wildman–Crippen LogP) is -0.154. The standard InChI is InChI=1S/C15H21N5O3/c1-10(2)9-20-11-12(17(3)15(22)18(4)13(11)21)16-14(20)19-5-7-23-8-6-19/h1,5-9H2,2-4H3. The average molecular weight is 319 g/mol. The number of imidazole rings is 1. The molecule has 1 aliphatic heterocycles.